The van der Waals surface area contributed by atoms with Gasteiger partial charge in [-0.1, -0.05) is 66.7 Å². The Hall–Kier alpha value is -5.19. The Bertz CT molecular complexity index is 1670. The smallest absolute Gasteiger partial charge is 0.411 e. The summed E-state index contributed by atoms with van der Waals surface area (Å²) in [6, 6.07) is 32.3. The molecule has 0 bridgehead atoms. The molecule has 1 heterocycles. The van der Waals surface area contributed by atoms with Gasteiger partial charge in [0.05, 0.1) is 12.8 Å². The molecule has 1 aliphatic heterocycles. The van der Waals surface area contributed by atoms with Crippen molar-refractivity contribution in [1.29, 1.82) is 0 Å². The number of piperidine rings is 1. The number of likely N-dealkylation sites (tertiary alicyclic amines) is 1. The molecule has 1 saturated heterocycles. The van der Waals surface area contributed by atoms with Gasteiger partial charge in [0.15, 0.2) is 0 Å². The zero-order valence-corrected chi connectivity index (χ0v) is 28.2. The van der Waals surface area contributed by atoms with E-state index in [1.54, 1.807) is 43.3 Å². The van der Waals surface area contributed by atoms with E-state index in [1.807, 2.05) is 78.9 Å². The van der Waals surface area contributed by atoms with Crippen molar-refractivity contribution in [2.75, 3.05) is 58.7 Å². The number of amides is 3. The summed E-state index contributed by atoms with van der Waals surface area (Å²) in [6.07, 6.45) is 0.821. The van der Waals surface area contributed by atoms with Gasteiger partial charge in [0.1, 0.15) is 11.9 Å². The van der Waals surface area contributed by atoms with Crippen molar-refractivity contribution >= 4 is 23.6 Å². The predicted molar refractivity (Wildman–Crippen MR) is 192 cm³/mol. The Balaban J connectivity index is 0.998. The highest BCUT2D eigenvalue weighted by molar-refractivity contribution is 5.99. The molecule has 0 spiro atoms. The molecule has 0 unspecified atom stereocenters. The maximum absolute atomic E-state index is 13.2. The zero-order valence-electron chi connectivity index (χ0n) is 28.2. The number of nitrogens with one attached hydrogen (secondary N) is 3. The molecule has 1 fully saturated rings. The molecule has 10 heteroatoms. The number of nitrogens with zero attached hydrogens (tertiary/aromatic N) is 2. The van der Waals surface area contributed by atoms with Crippen LogP contribution in [0.3, 0.4) is 0 Å². The molecule has 0 atom stereocenters. The number of methoxy groups -OCH3 is 1. The second kappa shape index (κ2) is 17.8. The van der Waals surface area contributed by atoms with E-state index in [1.165, 1.54) is 0 Å². The predicted octanol–water partition coefficient (Wildman–Crippen LogP) is 5.67. The number of likely N-dealkylation sites (N-methyl/N-ethyl adjacent to an activating group) is 1. The summed E-state index contributed by atoms with van der Waals surface area (Å²) >= 11 is 0. The van der Waals surface area contributed by atoms with Crippen LogP contribution in [0.5, 0.6) is 5.75 Å². The maximum atomic E-state index is 13.2. The van der Waals surface area contributed by atoms with E-state index in [2.05, 4.69) is 20.9 Å². The van der Waals surface area contributed by atoms with Crippen molar-refractivity contribution in [3.63, 3.8) is 0 Å². The van der Waals surface area contributed by atoms with Crippen LogP contribution < -0.4 is 20.7 Å². The summed E-state index contributed by atoms with van der Waals surface area (Å²) in [5, 5.41) is 9.15. The molecule has 1 aliphatic rings. The number of carbonyl (C=O) groups excluding carboxylic acids is 3. The monoisotopic (exact) mass is 663 g/mol. The first-order chi connectivity index (χ1) is 23.9. The SMILES string of the molecule is COc1ccc(CNCCNC(=O)c2cccc(C(=O)N(C)CCN3CCC(OC(=O)Nc4ccccc4-c4ccccc4)CC3)c2)cc1. The van der Waals surface area contributed by atoms with E-state index >= 15 is 0 Å². The number of benzene rings is 4. The molecule has 49 heavy (non-hydrogen) atoms. The third kappa shape index (κ3) is 10.4. The van der Waals surface area contributed by atoms with E-state index in [4.69, 9.17) is 9.47 Å². The van der Waals surface area contributed by atoms with Crippen molar-refractivity contribution in [3.05, 3.63) is 120 Å². The minimum atomic E-state index is -0.454. The van der Waals surface area contributed by atoms with Crippen LogP contribution in [-0.4, -0.2) is 87.2 Å². The van der Waals surface area contributed by atoms with Crippen molar-refractivity contribution in [1.82, 2.24) is 20.4 Å². The minimum Gasteiger partial charge on any atom is -0.497 e. The molecular weight excluding hydrogens is 618 g/mol. The van der Waals surface area contributed by atoms with Gasteiger partial charge in [-0.25, -0.2) is 4.79 Å². The molecule has 0 radical (unpaired) electrons. The lowest BCUT2D eigenvalue weighted by Crippen LogP contribution is -2.42. The molecule has 3 N–H and O–H groups in total. The zero-order chi connectivity index (χ0) is 34.4. The van der Waals surface area contributed by atoms with Crippen molar-refractivity contribution in [2.24, 2.45) is 0 Å². The third-order valence-electron chi connectivity index (χ3n) is 8.60. The van der Waals surface area contributed by atoms with E-state index in [-0.39, 0.29) is 17.9 Å². The Morgan fingerprint density at radius 3 is 2.31 bits per heavy atom. The van der Waals surface area contributed by atoms with E-state index < -0.39 is 6.09 Å². The fourth-order valence-electron chi connectivity index (χ4n) is 5.75. The van der Waals surface area contributed by atoms with Gasteiger partial charge >= 0.3 is 6.09 Å². The highest BCUT2D eigenvalue weighted by Crippen LogP contribution is 2.28. The first-order valence-corrected chi connectivity index (χ1v) is 16.7. The lowest BCUT2D eigenvalue weighted by atomic mass is 10.0. The number of anilines is 1. The van der Waals surface area contributed by atoms with Gasteiger partial charge in [-0.05, 0) is 60.4 Å². The second-order valence-electron chi connectivity index (χ2n) is 12.1. The van der Waals surface area contributed by atoms with Gasteiger partial charge in [0.25, 0.3) is 11.8 Å². The lowest BCUT2D eigenvalue weighted by molar-refractivity contribution is 0.0540. The Labute approximate surface area is 288 Å². The van der Waals surface area contributed by atoms with E-state index in [0.29, 0.717) is 49.5 Å². The van der Waals surface area contributed by atoms with Crippen LogP contribution in [0.1, 0.15) is 39.1 Å². The van der Waals surface area contributed by atoms with Crippen molar-refractivity contribution < 1.29 is 23.9 Å². The summed E-state index contributed by atoms with van der Waals surface area (Å²) < 4.78 is 11.0. The van der Waals surface area contributed by atoms with Gasteiger partial charge in [0, 0.05) is 69.6 Å². The van der Waals surface area contributed by atoms with Crippen LogP contribution in [-0.2, 0) is 11.3 Å². The number of hydrogen-bond acceptors (Lipinski definition) is 7. The summed E-state index contributed by atoms with van der Waals surface area (Å²) in [5.74, 6) is 0.458. The van der Waals surface area contributed by atoms with E-state index in [9.17, 15) is 14.4 Å². The molecule has 4 aromatic rings. The molecule has 0 aromatic heterocycles. The third-order valence-corrected chi connectivity index (χ3v) is 8.60. The largest absolute Gasteiger partial charge is 0.497 e. The maximum Gasteiger partial charge on any atom is 0.411 e. The summed E-state index contributed by atoms with van der Waals surface area (Å²) in [4.78, 5) is 42.7. The number of carbonyl (C=O) groups is 3. The Kier molecular flexibility index (Phi) is 12.8. The summed E-state index contributed by atoms with van der Waals surface area (Å²) in [6.45, 7) is 4.54. The summed E-state index contributed by atoms with van der Waals surface area (Å²) in [7, 11) is 3.42. The lowest BCUT2D eigenvalue weighted by Gasteiger charge is -2.32. The number of para-hydroxylation sites is 1. The van der Waals surface area contributed by atoms with Crippen LogP contribution in [0.15, 0.2) is 103 Å². The van der Waals surface area contributed by atoms with E-state index in [0.717, 1.165) is 48.4 Å². The van der Waals surface area contributed by atoms with Crippen LogP contribution in [0, 0.1) is 0 Å². The summed E-state index contributed by atoms with van der Waals surface area (Å²) in [5.41, 5.74) is 4.72. The fraction of sp³-hybridized carbons (Fsp3) is 0.308. The quantitative estimate of drug-likeness (QED) is 0.149. The number of rotatable bonds is 14. The van der Waals surface area contributed by atoms with Gasteiger partial charge < -0.3 is 29.9 Å². The highest BCUT2D eigenvalue weighted by atomic mass is 16.6. The highest BCUT2D eigenvalue weighted by Gasteiger charge is 2.23. The Morgan fingerprint density at radius 1 is 0.837 bits per heavy atom. The number of ether oxygens (including phenoxy) is 2. The van der Waals surface area contributed by atoms with Crippen molar-refractivity contribution in [2.45, 2.75) is 25.5 Å². The van der Waals surface area contributed by atoms with Gasteiger partial charge in [-0.15, -0.1) is 0 Å². The fourth-order valence-corrected chi connectivity index (χ4v) is 5.75. The van der Waals surface area contributed by atoms with Crippen LogP contribution >= 0.6 is 0 Å². The van der Waals surface area contributed by atoms with Crippen LogP contribution in [0.4, 0.5) is 10.5 Å². The molecule has 3 amide bonds. The van der Waals surface area contributed by atoms with Crippen LogP contribution in [0.25, 0.3) is 11.1 Å². The first-order valence-electron chi connectivity index (χ1n) is 16.7. The van der Waals surface area contributed by atoms with Gasteiger partial charge in [-0.2, -0.15) is 0 Å². The molecule has 0 aliphatic carbocycles. The van der Waals surface area contributed by atoms with Crippen LogP contribution in [0.2, 0.25) is 0 Å². The molecule has 10 nitrogen and oxygen atoms in total. The number of hydrogen-bond donors (Lipinski definition) is 3. The standard InChI is InChI=1S/C39H45N5O5/c1-43(38(46)32-12-8-11-31(27-32)37(45)41-22-21-40-28-29-15-17-33(48-2)18-16-29)25-26-44-23-19-34(20-24-44)49-39(47)42-36-14-7-6-13-35(36)30-9-4-3-5-10-30/h3-18,27,34,40H,19-26,28H2,1-2H3,(H,41,45)(H,42,47). The molecule has 0 saturated carbocycles. The average molecular weight is 664 g/mol. The molecule has 4 aromatic carbocycles. The second-order valence-corrected chi connectivity index (χ2v) is 12.1. The average Bonchev–Trinajstić information content (AvgIpc) is 3.14. The minimum absolute atomic E-state index is 0.138. The normalized spacial score (nSPS) is 13.3. The first kappa shape index (κ1) is 35.1. The van der Waals surface area contributed by atoms with Gasteiger partial charge in [0.2, 0.25) is 0 Å². The molecule has 5 rings (SSSR count). The topological polar surface area (TPSA) is 112 Å². The van der Waals surface area contributed by atoms with Crippen molar-refractivity contribution in [3.8, 4) is 16.9 Å². The Morgan fingerprint density at radius 2 is 1.55 bits per heavy atom. The molecule has 256 valence electrons. The molecular formula is C39H45N5O5. The van der Waals surface area contributed by atoms with Gasteiger partial charge in [-0.3, -0.25) is 14.9 Å².